The van der Waals surface area contributed by atoms with Crippen molar-refractivity contribution >= 4 is 27.7 Å². The van der Waals surface area contributed by atoms with Crippen LogP contribution in [-0.4, -0.2) is 15.4 Å². The second-order valence-corrected chi connectivity index (χ2v) is 4.46. The highest BCUT2D eigenvalue weighted by Crippen LogP contribution is 2.27. The van der Waals surface area contributed by atoms with E-state index < -0.39 is 5.24 Å². The number of hydrogen-bond acceptors (Lipinski definition) is 2. The molecule has 3 aromatic rings. The standard InChI is InChI=1S/C14H8ClFN2O/c15-14(19)9-3-6-12-11(7-9)13(18-17-12)8-1-4-10(16)5-2-8/h1-7H,(H,17,18). The lowest BCUT2D eigenvalue weighted by atomic mass is 10.1. The SMILES string of the molecule is O=C(Cl)c1ccc2[nH]nc(-c3ccc(F)cc3)c2c1. The summed E-state index contributed by atoms with van der Waals surface area (Å²) in [6.07, 6.45) is 0. The Bertz CT molecular complexity index is 765. The number of H-pyrrole nitrogens is 1. The second-order valence-electron chi connectivity index (χ2n) is 4.11. The van der Waals surface area contributed by atoms with E-state index in [1.807, 2.05) is 0 Å². The average Bonchev–Trinajstić information content (AvgIpc) is 2.82. The van der Waals surface area contributed by atoms with Crippen LogP contribution < -0.4 is 0 Å². The molecule has 1 aromatic heterocycles. The summed E-state index contributed by atoms with van der Waals surface area (Å²) < 4.78 is 12.9. The molecule has 0 saturated carbocycles. The number of halogens is 2. The molecular weight excluding hydrogens is 267 g/mol. The van der Waals surface area contributed by atoms with Gasteiger partial charge in [0.1, 0.15) is 5.82 Å². The van der Waals surface area contributed by atoms with E-state index >= 15 is 0 Å². The van der Waals surface area contributed by atoms with Gasteiger partial charge in [-0.1, -0.05) is 0 Å². The van der Waals surface area contributed by atoms with Gasteiger partial charge in [-0.2, -0.15) is 5.10 Å². The van der Waals surface area contributed by atoms with Crippen LogP contribution in [0.15, 0.2) is 42.5 Å². The van der Waals surface area contributed by atoms with Gasteiger partial charge >= 0.3 is 0 Å². The molecule has 0 spiro atoms. The summed E-state index contributed by atoms with van der Waals surface area (Å²) in [6, 6.07) is 11.1. The minimum Gasteiger partial charge on any atom is -0.277 e. The fourth-order valence-electron chi connectivity index (χ4n) is 1.96. The fourth-order valence-corrected chi connectivity index (χ4v) is 2.08. The average molecular weight is 275 g/mol. The predicted octanol–water partition coefficient (Wildman–Crippen LogP) is 3.75. The van der Waals surface area contributed by atoms with E-state index in [-0.39, 0.29) is 5.82 Å². The van der Waals surface area contributed by atoms with Crippen LogP contribution >= 0.6 is 11.6 Å². The van der Waals surface area contributed by atoms with E-state index in [4.69, 9.17) is 11.6 Å². The van der Waals surface area contributed by atoms with Crippen LogP contribution in [0.1, 0.15) is 10.4 Å². The van der Waals surface area contributed by atoms with Crippen molar-refractivity contribution in [2.24, 2.45) is 0 Å². The molecular formula is C14H8ClFN2O. The molecule has 1 N–H and O–H groups in total. The fraction of sp³-hybridized carbons (Fsp3) is 0. The lowest BCUT2D eigenvalue weighted by Crippen LogP contribution is -1.87. The zero-order chi connectivity index (χ0) is 13.4. The molecule has 0 bridgehead atoms. The third-order valence-electron chi connectivity index (χ3n) is 2.91. The van der Waals surface area contributed by atoms with E-state index in [0.717, 1.165) is 16.5 Å². The van der Waals surface area contributed by atoms with Crippen molar-refractivity contribution in [2.45, 2.75) is 0 Å². The van der Waals surface area contributed by atoms with Crippen molar-refractivity contribution in [2.75, 3.05) is 0 Å². The van der Waals surface area contributed by atoms with Gasteiger partial charge < -0.3 is 0 Å². The van der Waals surface area contributed by atoms with Crippen LogP contribution in [0.25, 0.3) is 22.2 Å². The van der Waals surface area contributed by atoms with Gasteiger partial charge in [-0.25, -0.2) is 4.39 Å². The molecule has 3 rings (SSSR count). The molecule has 5 heteroatoms. The number of carbonyl (C=O) groups is 1. The van der Waals surface area contributed by atoms with Crippen LogP contribution in [0.5, 0.6) is 0 Å². The number of benzene rings is 2. The normalized spacial score (nSPS) is 10.8. The molecule has 0 aliphatic carbocycles. The molecule has 3 nitrogen and oxygen atoms in total. The summed E-state index contributed by atoms with van der Waals surface area (Å²) in [5.41, 5.74) is 2.63. The number of aromatic amines is 1. The minimum atomic E-state index is -0.520. The highest BCUT2D eigenvalue weighted by molar-refractivity contribution is 6.67. The first-order valence-corrected chi connectivity index (χ1v) is 5.97. The van der Waals surface area contributed by atoms with Crippen LogP contribution in [0, 0.1) is 5.82 Å². The predicted molar refractivity (Wildman–Crippen MR) is 71.7 cm³/mol. The van der Waals surface area contributed by atoms with Crippen LogP contribution in [0.4, 0.5) is 4.39 Å². The van der Waals surface area contributed by atoms with Crippen molar-refractivity contribution in [3.05, 3.63) is 53.8 Å². The molecule has 1 heterocycles. The van der Waals surface area contributed by atoms with Gasteiger partial charge in [-0.15, -0.1) is 0 Å². The maximum absolute atomic E-state index is 12.9. The van der Waals surface area contributed by atoms with Crippen molar-refractivity contribution in [1.82, 2.24) is 10.2 Å². The van der Waals surface area contributed by atoms with Crippen LogP contribution in [-0.2, 0) is 0 Å². The molecule has 0 amide bonds. The molecule has 0 atom stereocenters. The smallest absolute Gasteiger partial charge is 0.252 e. The van der Waals surface area contributed by atoms with Gasteiger partial charge in [0, 0.05) is 16.5 Å². The van der Waals surface area contributed by atoms with Crippen molar-refractivity contribution in [3.63, 3.8) is 0 Å². The van der Waals surface area contributed by atoms with Crippen LogP contribution in [0.2, 0.25) is 0 Å². The third kappa shape index (κ3) is 2.11. The molecule has 0 aliphatic rings. The summed E-state index contributed by atoms with van der Waals surface area (Å²) in [7, 11) is 0. The molecule has 94 valence electrons. The second kappa shape index (κ2) is 4.48. The first kappa shape index (κ1) is 11.9. The Kier molecular flexibility index (Phi) is 2.80. The maximum Gasteiger partial charge on any atom is 0.252 e. The first-order chi connectivity index (χ1) is 9.15. The first-order valence-electron chi connectivity index (χ1n) is 5.59. The molecule has 0 saturated heterocycles. The number of hydrogen-bond donors (Lipinski definition) is 1. The van der Waals surface area contributed by atoms with E-state index in [2.05, 4.69) is 10.2 Å². The van der Waals surface area contributed by atoms with E-state index in [9.17, 15) is 9.18 Å². The minimum absolute atomic E-state index is 0.305. The van der Waals surface area contributed by atoms with Gasteiger partial charge in [0.25, 0.3) is 5.24 Å². The Morgan fingerprint density at radius 1 is 1.16 bits per heavy atom. The number of rotatable bonds is 2. The monoisotopic (exact) mass is 274 g/mol. The number of nitrogens with zero attached hydrogens (tertiary/aromatic N) is 1. The van der Waals surface area contributed by atoms with Crippen molar-refractivity contribution in [3.8, 4) is 11.3 Å². The zero-order valence-electron chi connectivity index (χ0n) is 9.65. The van der Waals surface area contributed by atoms with Crippen molar-refractivity contribution in [1.29, 1.82) is 0 Å². The molecule has 0 aliphatic heterocycles. The lowest BCUT2D eigenvalue weighted by molar-refractivity contribution is 0.108. The molecule has 2 aromatic carbocycles. The number of aromatic nitrogens is 2. The van der Waals surface area contributed by atoms with E-state index in [1.54, 1.807) is 30.3 Å². The largest absolute Gasteiger partial charge is 0.277 e. The molecule has 0 unspecified atom stereocenters. The highest BCUT2D eigenvalue weighted by Gasteiger charge is 2.11. The quantitative estimate of drug-likeness (QED) is 0.724. The van der Waals surface area contributed by atoms with Gasteiger partial charge in [0.2, 0.25) is 0 Å². The topological polar surface area (TPSA) is 45.8 Å². The van der Waals surface area contributed by atoms with E-state index in [1.165, 1.54) is 12.1 Å². The lowest BCUT2D eigenvalue weighted by Gasteiger charge is -1.99. The number of nitrogens with one attached hydrogen (secondary N) is 1. The Morgan fingerprint density at radius 3 is 2.58 bits per heavy atom. The van der Waals surface area contributed by atoms with Gasteiger partial charge in [0.15, 0.2) is 0 Å². The summed E-state index contributed by atoms with van der Waals surface area (Å²) in [5, 5.41) is 7.32. The summed E-state index contributed by atoms with van der Waals surface area (Å²) in [5.74, 6) is -0.305. The third-order valence-corrected chi connectivity index (χ3v) is 3.13. The summed E-state index contributed by atoms with van der Waals surface area (Å²) >= 11 is 5.47. The Morgan fingerprint density at radius 2 is 1.89 bits per heavy atom. The molecule has 0 radical (unpaired) electrons. The number of carbonyl (C=O) groups excluding carboxylic acids is 1. The Balaban J connectivity index is 2.21. The van der Waals surface area contributed by atoms with Gasteiger partial charge in [-0.05, 0) is 54.1 Å². The van der Waals surface area contributed by atoms with Gasteiger partial charge in [0.05, 0.1) is 11.2 Å². The maximum atomic E-state index is 12.9. The highest BCUT2D eigenvalue weighted by atomic mass is 35.5. The molecule has 0 fully saturated rings. The number of fused-ring (bicyclic) bond motifs is 1. The van der Waals surface area contributed by atoms with Gasteiger partial charge in [-0.3, -0.25) is 9.89 Å². The summed E-state index contributed by atoms with van der Waals surface area (Å²) in [6.45, 7) is 0. The zero-order valence-corrected chi connectivity index (χ0v) is 10.4. The van der Waals surface area contributed by atoms with Crippen molar-refractivity contribution < 1.29 is 9.18 Å². The Labute approximate surface area is 113 Å². The van der Waals surface area contributed by atoms with E-state index in [0.29, 0.717) is 11.3 Å². The Hall–Kier alpha value is -2.20. The molecule has 19 heavy (non-hydrogen) atoms. The van der Waals surface area contributed by atoms with Crippen LogP contribution in [0.3, 0.4) is 0 Å². The summed E-state index contributed by atoms with van der Waals surface area (Å²) in [4.78, 5) is 11.2.